The third-order valence-corrected chi connectivity index (χ3v) is 6.26. The van der Waals surface area contributed by atoms with Gasteiger partial charge in [0.25, 0.3) is 0 Å². The van der Waals surface area contributed by atoms with E-state index in [0.717, 1.165) is 45.2 Å². The number of carbonyl (C=O) groups excluding carboxylic acids is 2. The van der Waals surface area contributed by atoms with Gasteiger partial charge in [0.15, 0.2) is 0 Å². The molecular weight excluding hydrogens is 338 g/mol. The molecule has 0 bridgehead atoms. The third kappa shape index (κ3) is 5.32. The van der Waals surface area contributed by atoms with Crippen LogP contribution >= 0.6 is 0 Å². The van der Waals surface area contributed by atoms with Crippen LogP contribution in [0, 0.1) is 11.8 Å². The molecular formula is C22H33N3O2. The molecule has 2 N–H and O–H groups in total. The van der Waals surface area contributed by atoms with Crippen molar-refractivity contribution in [2.24, 2.45) is 17.6 Å². The molecule has 2 fully saturated rings. The summed E-state index contributed by atoms with van der Waals surface area (Å²) in [4.78, 5) is 29.2. The molecule has 148 valence electrons. The Labute approximate surface area is 162 Å². The van der Waals surface area contributed by atoms with Gasteiger partial charge in [-0.15, -0.1) is 0 Å². The van der Waals surface area contributed by atoms with Gasteiger partial charge >= 0.3 is 0 Å². The molecule has 2 amide bonds. The van der Waals surface area contributed by atoms with Crippen LogP contribution in [0.1, 0.15) is 44.6 Å². The highest BCUT2D eigenvalue weighted by atomic mass is 16.2. The molecule has 27 heavy (non-hydrogen) atoms. The number of carbonyl (C=O) groups is 2. The molecule has 0 saturated carbocycles. The van der Waals surface area contributed by atoms with Crippen molar-refractivity contribution in [3.8, 4) is 0 Å². The van der Waals surface area contributed by atoms with E-state index in [1.165, 1.54) is 5.56 Å². The van der Waals surface area contributed by atoms with E-state index in [9.17, 15) is 9.59 Å². The largest absolute Gasteiger partial charge is 0.343 e. The molecule has 5 nitrogen and oxygen atoms in total. The van der Waals surface area contributed by atoms with Gasteiger partial charge in [-0.25, -0.2) is 0 Å². The van der Waals surface area contributed by atoms with Crippen molar-refractivity contribution in [2.45, 2.75) is 51.5 Å². The van der Waals surface area contributed by atoms with E-state index < -0.39 is 0 Å². The summed E-state index contributed by atoms with van der Waals surface area (Å²) in [6, 6.07) is 10.3. The van der Waals surface area contributed by atoms with Crippen molar-refractivity contribution in [1.29, 1.82) is 0 Å². The van der Waals surface area contributed by atoms with Gasteiger partial charge in [0.2, 0.25) is 11.8 Å². The molecule has 2 saturated heterocycles. The minimum absolute atomic E-state index is 0.0787. The summed E-state index contributed by atoms with van der Waals surface area (Å²) in [5.41, 5.74) is 7.20. The maximum atomic E-state index is 12.8. The summed E-state index contributed by atoms with van der Waals surface area (Å²) in [7, 11) is 0. The highest BCUT2D eigenvalue weighted by Gasteiger charge is 2.32. The maximum Gasteiger partial charge on any atom is 0.225 e. The van der Waals surface area contributed by atoms with Crippen LogP contribution in [-0.2, 0) is 16.0 Å². The van der Waals surface area contributed by atoms with E-state index in [1.54, 1.807) is 0 Å². The van der Waals surface area contributed by atoms with Crippen molar-refractivity contribution in [3.63, 3.8) is 0 Å². The Bertz CT molecular complexity index is 616. The summed E-state index contributed by atoms with van der Waals surface area (Å²) in [6.45, 7) is 5.15. The van der Waals surface area contributed by atoms with Crippen LogP contribution in [0.5, 0.6) is 0 Å². The normalized spacial score (nSPS) is 20.5. The lowest BCUT2D eigenvalue weighted by molar-refractivity contribution is -0.141. The lowest BCUT2D eigenvalue weighted by atomic mass is 9.89. The number of hydrogen-bond acceptors (Lipinski definition) is 3. The average molecular weight is 372 g/mol. The molecule has 1 aromatic rings. The minimum Gasteiger partial charge on any atom is -0.343 e. The first-order valence-corrected chi connectivity index (χ1v) is 10.4. The lowest BCUT2D eigenvalue weighted by Gasteiger charge is -2.38. The number of nitrogens with zero attached hydrogens (tertiary/aromatic N) is 2. The van der Waals surface area contributed by atoms with Gasteiger partial charge in [0.1, 0.15) is 0 Å². The molecule has 0 aromatic heterocycles. The maximum absolute atomic E-state index is 12.8. The van der Waals surface area contributed by atoms with Crippen molar-refractivity contribution >= 4 is 11.8 Å². The number of aryl methyl sites for hydroxylation is 1. The number of piperidine rings is 2. The average Bonchev–Trinajstić information content (AvgIpc) is 2.72. The van der Waals surface area contributed by atoms with E-state index in [-0.39, 0.29) is 23.8 Å². The Kier molecular flexibility index (Phi) is 6.89. The number of amides is 2. The van der Waals surface area contributed by atoms with Gasteiger partial charge in [-0.05, 0) is 50.5 Å². The second-order valence-corrected chi connectivity index (χ2v) is 8.16. The van der Waals surface area contributed by atoms with Gasteiger partial charge in [-0.1, -0.05) is 30.3 Å². The van der Waals surface area contributed by atoms with Gasteiger partial charge in [0.05, 0.1) is 0 Å². The fraction of sp³-hybridized carbons (Fsp3) is 0.636. The lowest BCUT2D eigenvalue weighted by Crippen LogP contribution is -2.48. The Balaban J connectivity index is 1.40. The van der Waals surface area contributed by atoms with Crippen LogP contribution in [0.4, 0.5) is 0 Å². The van der Waals surface area contributed by atoms with Gasteiger partial charge in [0, 0.05) is 44.6 Å². The highest BCUT2D eigenvalue weighted by molar-refractivity contribution is 5.80. The Hall–Kier alpha value is -1.88. The van der Waals surface area contributed by atoms with Crippen molar-refractivity contribution in [3.05, 3.63) is 35.9 Å². The first-order valence-electron chi connectivity index (χ1n) is 10.4. The SMILES string of the molecule is CC(N)C1CCN(C(=O)C2CCN(C(=O)CCc3ccccc3)CC2)CC1. The summed E-state index contributed by atoms with van der Waals surface area (Å²) >= 11 is 0. The van der Waals surface area contributed by atoms with E-state index in [4.69, 9.17) is 5.73 Å². The molecule has 1 unspecified atom stereocenters. The van der Waals surface area contributed by atoms with Crippen molar-refractivity contribution < 1.29 is 9.59 Å². The van der Waals surface area contributed by atoms with Gasteiger partial charge in [-0.3, -0.25) is 9.59 Å². The second-order valence-electron chi connectivity index (χ2n) is 8.16. The quantitative estimate of drug-likeness (QED) is 0.864. The first kappa shape index (κ1) is 19.9. The van der Waals surface area contributed by atoms with Crippen LogP contribution in [0.15, 0.2) is 30.3 Å². The van der Waals surface area contributed by atoms with Gasteiger partial charge in [-0.2, -0.15) is 0 Å². The fourth-order valence-corrected chi connectivity index (χ4v) is 4.33. The van der Waals surface area contributed by atoms with E-state index in [0.29, 0.717) is 25.4 Å². The van der Waals surface area contributed by atoms with E-state index in [2.05, 4.69) is 19.1 Å². The van der Waals surface area contributed by atoms with E-state index >= 15 is 0 Å². The first-order chi connectivity index (χ1) is 13.0. The predicted octanol–water partition coefficient (Wildman–Crippen LogP) is 2.44. The smallest absolute Gasteiger partial charge is 0.225 e. The number of likely N-dealkylation sites (tertiary alicyclic amines) is 2. The van der Waals surface area contributed by atoms with Crippen LogP contribution in [0.25, 0.3) is 0 Å². The Morgan fingerprint density at radius 2 is 1.59 bits per heavy atom. The van der Waals surface area contributed by atoms with Crippen LogP contribution in [0.3, 0.4) is 0 Å². The van der Waals surface area contributed by atoms with Gasteiger partial charge < -0.3 is 15.5 Å². The Morgan fingerprint density at radius 1 is 1.00 bits per heavy atom. The number of hydrogen-bond donors (Lipinski definition) is 1. The number of nitrogens with two attached hydrogens (primary N) is 1. The molecule has 0 aliphatic carbocycles. The standard InChI is InChI=1S/C22H33N3O2/c1-17(23)19-9-15-25(16-10-19)22(27)20-11-13-24(14-12-20)21(26)8-7-18-5-3-2-4-6-18/h2-6,17,19-20H,7-16,23H2,1H3. The molecule has 2 aliphatic rings. The van der Waals surface area contributed by atoms with Crippen molar-refractivity contribution in [1.82, 2.24) is 9.80 Å². The highest BCUT2D eigenvalue weighted by Crippen LogP contribution is 2.25. The molecule has 2 heterocycles. The molecule has 2 aliphatic heterocycles. The zero-order chi connectivity index (χ0) is 19.2. The van der Waals surface area contributed by atoms with Crippen LogP contribution < -0.4 is 5.73 Å². The fourth-order valence-electron chi connectivity index (χ4n) is 4.33. The second kappa shape index (κ2) is 9.36. The molecule has 3 rings (SSSR count). The molecule has 0 radical (unpaired) electrons. The Morgan fingerprint density at radius 3 is 2.19 bits per heavy atom. The molecule has 5 heteroatoms. The van der Waals surface area contributed by atoms with Crippen molar-refractivity contribution in [2.75, 3.05) is 26.2 Å². The summed E-state index contributed by atoms with van der Waals surface area (Å²) in [5, 5.41) is 0. The number of benzene rings is 1. The summed E-state index contributed by atoms with van der Waals surface area (Å²) in [6.07, 6.45) is 4.95. The summed E-state index contributed by atoms with van der Waals surface area (Å²) < 4.78 is 0. The van der Waals surface area contributed by atoms with E-state index in [1.807, 2.05) is 28.0 Å². The molecule has 0 spiro atoms. The third-order valence-electron chi connectivity index (χ3n) is 6.26. The molecule has 1 atom stereocenters. The van der Waals surface area contributed by atoms with Crippen LogP contribution in [0.2, 0.25) is 0 Å². The zero-order valence-electron chi connectivity index (χ0n) is 16.5. The molecule has 1 aromatic carbocycles. The van der Waals surface area contributed by atoms with Crippen LogP contribution in [-0.4, -0.2) is 53.8 Å². The topological polar surface area (TPSA) is 66.6 Å². The minimum atomic E-state index is 0.0787. The zero-order valence-corrected chi connectivity index (χ0v) is 16.5. The summed E-state index contributed by atoms with van der Waals surface area (Å²) in [5.74, 6) is 1.12. The monoisotopic (exact) mass is 371 g/mol. The predicted molar refractivity (Wildman–Crippen MR) is 107 cm³/mol. The number of rotatable bonds is 5.